The molecule has 0 spiro atoms. The highest BCUT2D eigenvalue weighted by molar-refractivity contribution is 6.19. The van der Waals surface area contributed by atoms with E-state index < -0.39 is 0 Å². The second kappa shape index (κ2) is 15.6. The van der Waals surface area contributed by atoms with Crippen molar-refractivity contribution in [1.82, 2.24) is 24.1 Å². The van der Waals surface area contributed by atoms with E-state index in [0.717, 1.165) is 72.2 Å². The summed E-state index contributed by atoms with van der Waals surface area (Å²) in [6.07, 6.45) is 0. The second-order valence-electron chi connectivity index (χ2n) is 17.5. The number of hydrogen-bond acceptors (Lipinski definition) is 4. The summed E-state index contributed by atoms with van der Waals surface area (Å²) in [7, 11) is 0. The van der Waals surface area contributed by atoms with E-state index in [4.69, 9.17) is 19.4 Å². The summed E-state index contributed by atoms with van der Waals surface area (Å²) in [5, 5.41) is 6.74. The van der Waals surface area contributed by atoms with Gasteiger partial charge in [-0.2, -0.15) is 0 Å². The molecule has 0 bridgehead atoms. The molecule has 4 heterocycles. The minimum atomic E-state index is 0.579. The van der Waals surface area contributed by atoms with Crippen LogP contribution in [0.1, 0.15) is 0 Å². The van der Waals surface area contributed by atoms with Crippen LogP contribution in [0.25, 0.3) is 133 Å². The molecule has 0 atom stereocenters. The Morgan fingerprint density at radius 2 is 0.841 bits per heavy atom. The van der Waals surface area contributed by atoms with Gasteiger partial charge in [-0.25, -0.2) is 15.0 Å². The summed E-state index contributed by atoms with van der Waals surface area (Å²) in [5.41, 5.74) is 15.5. The minimum Gasteiger partial charge on any atom is -0.456 e. The van der Waals surface area contributed by atoms with Gasteiger partial charge >= 0.3 is 0 Å². The van der Waals surface area contributed by atoms with Gasteiger partial charge in [0.15, 0.2) is 17.5 Å². The number of fused-ring (bicyclic) bond motifs is 9. The predicted molar refractivity (Wildman–Crippen MR) is 283 cm³/mol. The Balaban J connectivity index is 1.02. The van der Waals surface area contributed by atoms with Gasteiger partial charge in [0.25, 0.3) is 0 Å². The maximum absolute atomic E-state index is 6.84. The zero-order valence-corrected chi connectivity index (χ0v) is 37.2. The molecule has 0 unspecified atom stereocenters. The summed E-state index contributed by atoms with van der Waals surface area (Å²) >= 11 is 0. The molecule has 6 nitrogen and oxygen atoms in total. The topological polar surface area (TPSA) is 61.7 Å². The van der Waals surface area contributed by atoms with Crippen LogP contribution < -0.4 is 0 Å². The molecule has 0 aliphatic carbocycles. The molecule has 10 aromatic carbocycles. The van der Waals surface area contributed by atoms with Crippen molar-refractivity contribution in [3.8, 4) is 67.8 Å². The van der Waals surface area contributed by atoms with E-state index in [2.05, 4.69) is 173 Å². The third-order valence-electron chi connectivity index (χ3n) is 13.6. The number of rotatable bonds is 7. The second-order valence-corrected chi connectivity index (χ2v) is 17.5. The molecule has 0 aliphatic rings. The molecule has 0 fully saturated rings. The molecule has 0 radical (unpaired) electrons. The fourth-order valence-electron chi connectivity index (χ4n) is 10.5. The number of nitrogens with zero attached hydrogens (tertiary/aromatic N) is 5. The van der Waals surface area contributed by atoms with E-state index in [1.54, 1.807) is 0 Å². The quantitative estimate of drug-likeness (QED) is 0.160. The Morgan fingerprint density at radius 1 is 0.290 bits per heavy atom. The van der Waals surface area contributed by atoms with Gasteiger partial charge in [0.1, 0.15) is 11.2 Å². The molecule has 0 amide bonds. The molecule has 322 valence electrons. The lowest BCUT2D eigenvalue weighted by molar-refractivity contribution is 0.669. The van der Waals surface area contributed by atoms with Crippen molar-refractivity contribution >= 4 is 65.6 Å². The Bertz CT molecular complexity index is 4230. The van der Waals surface area contributed by atoms with Crippen molar-refractivity contribution in [1.29, 1.82) is 0 Å². The zero-order valence-electron chi connectivity index (χ0n) is 37.2. The molecule has 4 aromatic heterocycles. The number of aromatic nitrogens is 5. The lowest BCUT2D eigenvalue weighted by atomic mass is 9.97. The zero-order chi connectivity index (χ0) is 45.4. The predicted octanol–water partition coefficient (Wildman–Crippen LogP) is 16.3. The number of hydrogen-bond donors (Lipinski definition) is 0. The molecular weight excluding hydrogens is 843 g/mol. The van der Waals surface area contributed by atoms with Crippen molar-refractivity contribution < 1.29 is 4.42 Å². The highest BCUT2D eigenvalue weighted by atomic mass is 16.3. The normalized spacial score (nSPS) is 11.8. The first-order chi connectivity index (χ1) is 34.2. The van der Waals surface area contributed by atoms with Gasteiger partial charge < -0.3 is 13.6 Å². The van der Waals surface area contributed by atoms with E-state index in [0.29, 0.717) is 17.5 Å². The van der Waals surface area contributed by atoms with Crippen LogP contribution in [0.3, 0.4) is 0 Å². The smallest absolute Gasteiger partial charge is 0.164 e. The van der Waals surface area contributed by atoms with E-state index in [9.17, 15) is 0 Å². The first-order valence-electron chi connectivity index (χ1n) is 23.3. The van der Waals surface area contributed by atoms with Gasteiger partial charge in [-0.05, 0) is 77.4 Å². The van der Waals surface area contributed by atoms with Crippen LogP contribution >= 0.6 is 0 Å². The van der Waals surface area contributed by atoms with Crippen molar-refractivity contribution in [2.75, 3.05) is 0 Å². The Morgan fingerprint density at radius 3 is 1.55 bits per heavy atom. The molecule has 0 saturated heterocycles. The molecule has 6 heteroatoms. The van der Waals surface area contributed by atoms with E-state index in [1.807, 2.05) is 72.8 Å². The standard InChI is InChI=1S/C63H39N5O/c1-5-19-40(20-6-1)49-39-58-51(60-48(30-18-34-57(60)69-58)63-65-61(41-21-7-2-8-22-41)64-62(66-63)42-23-9-3-10-24-42)38-56(49)68-53-32-16-14-28-47(53)59-45(29-17-33-55(59)68)43-35-36-54-50(37-43)46-27-13-15-31-52(46)67(54)44-25-11-4-12-26-44/h1-39H. The summed E-state index contributed by atoms with van der Waals surface area (Å²) in [5.74, 6) is 1.80. The van der Waals surface area contributed by atoms with E-state index >= 15 is 0 Å². The summed E-state index contributed by atoms with van der Waals surface area (Å²) in [6.45, 7) is 0. The van der Waals surface area contributed by atoms with Crippen LogP contribution in [-0.4, -0.2) is 24.1 Å². The van der Waals surface area contributed by atoms with Crippen LogP contribution in [0.4, 0.5) is 0 Å². The maximum Gasteiger partial charge on any atom is 0.164 e. The lowest BCUT2D eigenvalue weighted by Crippen LogP contribution is -2.00. The summed E-state index contributed by atoms with van der Waals surface area (Å²) in [6, 6.07) is 83.4. The average Bonchev–Trinajstić information content (AvgIpc) is 4.08. The van der Waals surface area contributed by atoms with Gasteiger partial charge in [0.2, 0.25) is 0 Å². The van der Waals surface area contributed by atoms with Crippen LogP contribution in [0, 0.1) is 0 Å². The van der Waals surface area contributed by atoms with Gasteiger partial charge in [-0.3, -0.25) is 0 Å². The molecule has 69 heavy (non-hydrogen) atoms. The molecule has 0 N–H and O–H groups in total. The van der Waals surface area contributed by atoms with Crippen LogP contribution in [0.15, 0.2) is 241 Å². The van der Waals surface area contributed by atoms with Crippen LogP contribution in [0.5, 0.6) is 0 Å². The molecule has 0 aliphatic heterocycles. The van der Waals surface area contributed by atoms with Crippen molar-refractivity contribution in [3.63, 3.8) is 0 Å². The third kappa shape index (κ3) is 6.23. The number of benzene rings is 10. The fraction of sp³-hybridized carbons (Fsp3) is 0. The van der Waals surface area contributed by atoms with Gasteiger partial charge in [0, 0.05) is 60.3 Å². The third-order valence-corrected chi connectivity index (χ3v) is 13.6. The lowest BCUT2D eigenvalue weighted by Gasteiger charge is -2.15. The SMILES string of the molecule is c1ccc(-c2nc(-c3ccccc3)nc(-c3cccc4oc5cc(-c6ccccc6)c(-n6c7ccccc7c7c(-c8ccc9c(c8)c8ccccc8n9-c8ccccc8)cccc76)cc5c34)n2)cc1. The first kappa shape index (κ1) is 38.8. The Kier molecular flexibility index (Phi) is 8.79. The van der Waals surface area contributed by atoms with Crippen molar-refractivity contribution in [2.45, 2.75) is 0 Å². The molecule has 14 rings (SSSR count). The fourth-order valence-corrected chi connectivity index (χ4v) is 10.5. The highest BCUT2D eigenvalue weighted by Crippen LogP contribution is 2.45. The van der Waals surface area contributed by atoms with Gasteiger partial charge in [0.05, 0.1) is 27.8 Å². The monoisotopic (exact) mass is 881 g/mol. The van der Waals surface area contributed by atoms with Crippen LogP contribution in [-0.2, 0) is 0 Å². The first-order valence-corrected chi connectivity index (χ1v) is 23.3. The number of para-hydroxylation sites is 3. The largest absolute Gasteiger partial charge is 0.456 e. The maximum atomic E-state index is 6.84. The Labute approximate surface area is 396 Å². The van der Waals surface area contributed by atoms with Crippen molar-refractivity contribution in [2.24, 2.45) is 0 Å². The number of furan rings is 1. The minimum absolute atomic E-state index is 0.579. The molecule has 0 saturated carbocycles. The van der Waals surface area contributed by atoms with Gasteiger partial charge in [-0.15, -0.1) is 0 Å². The van der Waals surface area contributed by atoms with Gasteiger partial charge in [-0.1, -0.05) is 176 Å². The molecular formula is C63H39N5O. The van der Waals surface area contributed by atoms with Crippen molar-refractivity contribution in [3.05, 3.63) is 237 Å². The van der Waals surface area contributed by atoms with Crippen LogP contribution in [0.2, 0.25) is 0 Å². The summed E-state index contributed by atoms with van der Waals surface area (Å²) < 4.78 is 11.7. The van der Waals surface area contributed by atoms with E-state index in [1.165, 1.54) is 43.7 Å². The molecule has 14 aromatic rings. The summed E-state index contributed by atoms with van der Waals surface area (Å²) in [4.78, 5) is 15.4. The highest BCUT2D eigenvalue weighted by Gasteiger charge is 2.24. The average molecular weight is 882 g/mol. The Hall–Kier alpha value is -9.39. The van der Waals surface area contributed by atoms with E-state index in [-0.39, 0.29) is 0 Å².